The molecule has 0 aromatic heterocycles. The quantitative estimate of drug-likeness (QED) is 0.424. The van der Waals surface area contributed by atoms with Gasteiger partial charge in [-0.15, -0.1) is 0 Å². The average molecular weight is 114 g/mol. The van der Waals surface area contributed by atoms with E-state index in [0.717, 1.165) is 12.8 Å². The smallest absolute Gasteiger partial charge is 0.126 e. The minimum absolute atomic E-state index is 0.698. The molecule has 0 aromatic carbocycles. The van der Waals surface area contributed by atoms with Crippen LogP contribution in [0, 0.1) is 0 Å². The zero-order chi connectivity index (χ0) is 6.04. The predicted molar refractivity (Wildman–Crippen MR) is 32.5 cm³/mol. The van der Waals surface area contributed by atoms with Crippen LogP contribution < -0.4 is 0 Å². The molecule has 1 rings (SSSR count). The van der Waals surface area contributed by atoms with Gasteiger partial charge in [0.05, 0.1) is 0 Å². The molecule has 0 aliphatic heterocycles. The van der Waals surface area contributed by atoms with E-state index in [1.54, 1.807) is 13.0 Å². The van der Waals surface area contributed by atoms with E-state index in [-0.39, 0.29) is 0 Å². The van der Waals surface area contributed by atoms with Crippen molar-refractivity contribution in [2.24, 2.45) is 0 Å². The van der Waals surface area contributed by atoms with Gasteiger partial charge in [0.2, 0.25) is 0 Å². The molecular weight excluding hydrogens is 103 g/mol. The summed E-state index contributed by atoms with van der Waals surface area (Å²) in [7, 11) is 0. The van der Waals surface area contributed by atoms with Gasteiger partial charge in [-0.25, -0.2) is 4.39 Å². The Morgan fingerprint density at radius 2 is 2.38 bits per heavy atom. The van der Waals surface area contributed by atoms with Crippen LogP contribution in [0.3, 0.4) is 0 Å². The first-order valence-corrected chi connectivity index (χ1v) is 3.07. The molecule has 0 spiro atoms. The average Bonchev–Trinajstić information content (AvgIpc) is 1.65. The highest BCUT2D eigenvalue weighted by Crippen LogP contribution is 2.24. The molecule has 1 heteroatoms. The largest absolute Gasteiger partial charge is 0.240 e. The lowest BCUT2D eigenvalue weighted by molar-refractivity contribution is 0.228. The molecule has 0 amide bonds. The van der Waals surface area contributed by atoms with Crippen LogP contribution in [0.5, 0.6) is 0 Å². The highest BCUT2D eigenvalue weighted by Gasteiger charge is 2.20. The standard InChI is InChI=1S/C7H11F/c1-7(8)5-3-2-4-6-7/h3,5H,2,4,6H2,1H3. The van der Waals surface area contributed by atoms with Crippen molar-refractivity contribution >= 4 is 0 Å². The van der Waals surface area contributed by atoms with Crippen molar-refractivity contribution in [3.63, 3.8) is 0 Å². The van der Waals surface area contributed by atoms with Crippen molar-refractivity contribution in [1.82, 2.24) is 0 Å². The first-order valence-electron chi connectivity index (χ1n) is 3.07. The highest BCUT2D eigenvalue weighted by atomic mass is 19.1. The van der Waals surface area contributed by atoms with Crippen LogP contribution in [0.25, 0.3) is 0 Å². The molecule has 0 bridgehead atoms. The molecule has 0 heterocycles. The van der Waals surface area contributed by atoms with Gasteiger partial charge in [0, 0.05) is 0 Å². The summed E-state index contributed by atoms with van der Waals surface area (Å²) in [6.45, 7) is 1.63. The minimum Gasteiger partial charge on any atom is -0.240 e. The van der Waals surface area contributed by atoms with E-state index in [0.29, 0.717) is 6.42 Å². The molecule has 1 aliphatic carbocycles. The minimum atomic E-state index is -1.00. The van der Waals surface area contributed by atoms with Gasteiger partial charge in [0.15, 0.2) is 0 Å². The third-order valence-electron chi connectivity index (χ3n) is 1.50. The Labute approximate surface area is 49.4 Å². The second-order valence-electron chi connectivity index (χ2n) is 2.57. The van der Waals surface area contributed by atoms with Gasteiger partial charge in [-0.3, -0.25) is 0 Å². The monoisotopic (exact) mass is 114 g/mol. The lowest BCUT2D eigenvalue weighted by Crippen LogP contribution is -2.15. The Morgan fingerprint density at radius 3 is 2.62 bits per heavy atom. The molecule has 0 radical (unpaired) electrons. The van der Waals surface area contributed by atoms with Crippen molar-refractivity contribution in [2.75, 3.05) is 0 Å². The summed E-state index contributed by atoms with van der Waals surface area (Å²) in [6.07, 6.45) is 6.34. The second kappa shape index (κ2) is 1.88. The van der Waals surface area contributed by atoms with E-state index in [2.05, 4.69) is 0 Å². The van der Waals surface area contributed by atoms with E-state index in [4.69, 9.17) is 0 Å². The Morgan fingerprint density at radius 1 is 1.62 bits per heavy atom. The second-order valence-corrected chi connectivity index (χ2v) is 2.57. The number of halogens is 1. The fourth-order valence-corrected chi connectivity index (χ4v) is 0.978. The van der Waals surface area contributed by atoms with Crippen LogP contribution in [0.1, 0.15) is 26.2 Å². The SMILES string of the molecule is CC1(F)C=CCCC1. The number of alkyl halides is 1. The van der Waals surface area contributed by atoms with E-state index in [9.17, 15) is 4.39 Å². The van der Waals surface area contributed by atoms with Crippen molar-refractivity contribution in [3.05, 3.63) is 12.2 Å². The molecule has 0 N–H and O–H groups in total. The molecule has 0 saturated heterocycles. The highest BCUT2D eigenvalue weighted by molar-refractivity contribution is 5.02. The number of hydrogen-bond acceptors (Lipinski definition) is 0. The van der Waals surface area contributed by atoms with Crippen molar-refractivity contribution in [1.29, 1.82) is 0 Å². The summed E-state index contributed by atoms with van der Waals surface area (Å²) in [5.74, 6) is 0. The van der Waals surface area contributed by atoms with Gasteiger partial charge < -0.3 is 0 Å². The Balaban J connectivity index is 2.56. The van der Waals surface area contributed by atoms with Crippen LogP contribution in [-0.4, -0.2) is 5.67 Å². The predicted octanol–water partition coefficient (Wildman–Crippen LogP) is 2.45. The molecule has 0 fully saturated rings. The third kappa shape index (κ3) is 1.32. The summed E-state index contributed by atoms with van der Waals surface area (Å²) >= 11 is 0. The van der Waals surface area contributed by atoms with Gasteiger partial charge in [-0.05, 0) is 26.2 Å². The molecular formula is C7H11F. The molecule has 1 aliphatic rings. The lowest BCUT2D eigenvalue weighted by atomic mass is 9.95. The Kier molecular flexibility index (Phi) is 1.37. The topological polar surface area (TPSA) is 0 Å². The lowest BCUT2D eigenvalue weighted by Gasteiger charge is -2.18. The first-order chi connectivity index (χ1) is 3.71. The van der Waals surface area contributed by atoms with Gasteiger partial charge in [0.25, 0.3) is 0 Å². The molecule has 0 aromatic rings. The van der Waals surface area contributed by atoms with Crippen LogP contribution in [0.2, 0.25) is 0 Å². The maximum Gasteiger partial charge on any atom is 0.126 e. The number of allylic oxidation sites excluding steroid dienone is 2. The molecule has 1 atom stereocenters. The normalized spacial score (nSPS) is 37.8. The summed E-state index contributed by atoms with van der Waals surface area (Å²) in [5.41, 5.74) is -1.00. The maximum absolute atomic E-state index is 12.8. The third-order valence-corrected chi connectivity index (χ3v) is 1.50. The molecule has 0 nitrogen and oxygen atoms in total. The van der Waals surface area contributed by atoms with E-state index in [1.807, 2.05) is 6.08 Å². The summed E-state index contributed by atoms with van der Waals surface area (Å²) < 4.78 is 12.8. The van der Waals surface area contributed by atoms with Crippen molar-refractivity contribution < 1.29 is 4.39 Å². The van der Waals surface area contributed by atoms with E-state index in [1.165, 1.54) is 0 Å². The zero-order valence-corrected chi connectivity index (χ0v) is 5.15. The van der Waals surface area contributed by atoms with E-state index >= 15 is 0 Å². The summed E-state index contributed by atoms with van der Waals surface area (Å²) in [4.78, 5) is 0. The van der Waals surface area contributed by atoms with Gasteiger partial charge in [-0.1, -0.05) is 12.2 Å². The Bertz CT molecular complexity index is 103. The van der Waals surface area contributed by atoms with Crippen LogP contribution in [0.4, 0.5) is 4.39 Å². The number of hydrogen-bond donors (Lipinski definition) is 0. The summed E-state index contributed by atoms with van der Waals surface area (Å²) in [6, 6.07) is 0. The molecule has 46 valence electrons. The molecule has 8 heavy (non-hydrogen) atoms. The van der Waals surface area contributed by atoms with Gasteiger partial charge in [0.1, 0.15) is 5.67 Å². The van der Waals surface area contributed by atoms with Crippen LogP contribution >= 0.6 is 0 Å². The zero-order valence-electron chi connectivity index (χ0n) is 5.15. The first kappa shape index (κ1) is 5.80. The molecule has 1 unspecified atom stereocenters. The number of rotatable bonds is 0. The van der Waals surface area contributed by atoms with E-state index < -0.39 is 5.67 Å². The fraction of sp³-hybridized carbons (Fsp3) is 0.714. The maximum atomic E-state index is 12.8. The van der Waals surface area contributed by atoms with Crippen molar-refractivity contribution in [3.8, 4) is 0 Å². The van der Waals surface area contributed by atoms with Gasteiger partial charge in [-0.2, -0.15) is 0 Å². The van der Waals surface area contributed by atoms with Crippen molar-refractivity contribution in [2.45, 2.75) is 31.9 Å². The Hall–Kier alpha value is -0.330. The van der Waals surface area contributed by atoms with Gasteiger partial charge >= 0.3 is 0 Å². The summed E-state index contributed by atoms with van der Waals surface area (Å²) in [5, 5.41) is 0. The van der Waals surface area contributed by atoms with Crippen LogP contribution in [-0.2, 0) is 0 Å². The fourth-order valence-electron chi connectivity index (χ4n) is 0.978. The molecule has 0 saturated carbocycles. The van der Waals surface area contributed by atoms with Crippen LogP contribution in [0.15, 0.2) is 12.2 Å².